The van der Waals surface area contributed by atoms with Crippen molar-refractivity contribution in [1.29, 1.82) is 0 Å². The molecule has 1 saturated heterocycles. The standard InChI is InChI=1S/C7H13BrN2O/c8-6-4-7(11)10(5-6)3-1-2-9/h6H,1-5,9H2. The number of hydrogen-bond donors (Lipinski definition) is 1. The number of hydrogen-bond acceptors (Lipinski definition) is 2. The van der Waals surface area contributed by atoms with Gasteiger partial charge in [-0.15, -0.1) is 0 Å². The quantitative estimate of drug-likeness (QED) is 0.698. The Bertz CT molecular complexity index is 151. The van der Waals surface area contributed by atoms with Gasteiger partial charge in [-0.25, -0.2) is 0 Å². The Morgan fingerprint density at radius 3 is 2.91 bits per heavy atom. The van der Waals surface area contributed by atoms with E-state index in [4.69, 9.17) is 5.73 Å². The van der Waals surface area contributed by atoms with E-state index in [0.717, 1.165) is 19.5 Å². The van der Waals surface area contributed by atoms with Gasteiger partial charge >= 0.3 is 0 Å². The first-order chi connectivity index (χ1) is 5.24. The zero-order valence-electron chi connectivity index (χ0n) is 6.42. The molecule has 64 valence electrons. The second-order valence-corrected chi connectivity index (χ2v) is 4.08. The molecule has 0 aromatic rings. The van der Waals surface area contributed by atoms with Crippen LogP contribution in [-0.2, 0) is 4.79 Å². The predicted molar refractivity (Wildman–Crippen MR) is 47.6 cm³/mol. The summed E-state index contributed by atoms with van der Waals surface area (Å²) in [6, 6.07) is 0. The lowest BCUT2D eigenvalue weighted by Gasteiger charge is -2.14. The number of alkyl halides is 1. The highest BCUT2D eigenvalue weighted by Gasteiger charge is 2.26. The molecule has 3 nitrogen and oxygen atoms in total. The molecule has 0 radical (unpaired) electrons. The normalized spacial score (nSPS) is 24.7. The average Bonchev–Trinajstić information content (AvgIpc) is 2.26. The van der Waals surface area contributed by atoms with Crippen LogP contribution in [0.25, 0.3) is 0 Å². The van der Waals surface area contributed by atoms with E-state index in [0.29, 0.717) is 17.8 Å². The largest absolute Gasteiger partial charge is 0.341 e. The van der Waals surface area contributed by atoms with Crippen LogP contribution in [0.5, 0.6) is 0 Å². The van der Waals surface area contributed by atoms with E-state index in [1.54, 1.807) is 0 Å². The summed E-state index contributed by atoms with van der Waals surface area (Å²) in [5, 5.41) is 0. The Hall–Kier alpha value is -0.0900. The van der Waals surface area contributed by atoms with Crippen molar-refractivity contribution in [2.24, 2.45) is 5.73 Å². The highest BCUT2D eigenvalue weighted by Crippen LogP contribution is 2.17. The van der Waals surface area contributed by atoms with E-state index >= 15 is 0 Å². The summed E-state index contributed by atoms with van der Waals surface area (Å²) in [6.07, 6.45) is 1.55. The van der Waals surface area contributed by atoms with E-state index in [9.17, 15) is 4.79 Å². The molecule has 1 unspecified atom stereocenters. The molecule has 0 saturated carbocycles. The summed E-state index contributed by atoms with van der Waals surface area (Å²) in [7, 11) is 0. The van der Waals surface area contributed by atoms with Gasteiger partial charge in [-0.1, -0.05) is 15.9 Å². The highest BCUT2D eigenvalue weighted by atomic mass is 79.9. The molecule has 1 rings (SSSR count). The minimum Gasteiger partial charge on any atom is -0.341 e. The van der Waals surface area contributed by atoms with E-state index in [-0.39, 0.29) is 5.91 Å². The number of halogens is 1. The van der Waals surface area contributed by atoms with Gasteiger partial charge in [0.15, 0.2) is 0 Å². The molecule has 0 spiro atoms. The van der Waals surface area contributed by atoms with Crippen LogP contribution in [0.15, 0.2) is 0 Å². The van der Waals surface area contributed by atoms with Crippen LogP contribution in [0, 0.1) is 0 Å². The number of carbonyl (C=O) groups excluding carboxylic acids is 1. The Morgan fingerprint density at radius 1 is 1.73 bits per heavy atom. The Labute approximate surface area is 75.1 Å². The third-order valence-corrected chi connectivity index (χ3v) is 2.41. The second-order valence-electron chi connectivity index (χ2n) is 2.78. The Kier molecular flexibility index (Phi) is 3.33. The molecule has 0 aromatic carbocycles. The van der Waals surface area contributed by atoms with Crippen molar-refractivity contribution in [3.8, 4) is 0 Å². The van der Waals surface area contributed by atoms with Crippen molar-refractivity contribution in [3.63, 3.8) is 0 Å². The minimum absolute atomic E-state index is 0.250. The monoisotopic (exact) mass is 220 g/mol. The van der Waals surface area contributed by atoms with Gasteiger partial charge in [-0.2, -0.15) is 0 Å². The first-order valence-electron chi connectivity index (χ1n) is 3.86. The van der Waals surface area contributed by atoms with Crippen molar-refractivity contribution in [1.82, 2.24) is 4.90 Å². The maximum atomic E-state index is 11.1. The number of likely N-dealkylation sites (tertiary alicyclic amines) is 1. The molecule has 0 aromatic heterocycles. The molecule has 4 heteroatoms. The van der Waals surface area contributed by atoms with Gasteiger partial charge in [0, 0.05) is 24.3 Å². The Balaban J connectivity index is 2.29. The third-order valence-electron chi connectivity index (χ3n) is 1.80. The summed E-state index contributed by atoms with van der Waals surface area (Å²) in [5.41, 5.74) is 5.34. The fourth-order valence-corrected chi connectivity index (χ4v) is 1.85. The van der Waals surface area contributed by atoms with Crippen LogP contribution in [0.3, 0.4) is 0 Å². The lowest BCUT2D eigenvalue weighted by molar-refractivity contribution is -0.127. The van der Waals surface area contributed by atoms with Gasteiger partial charge in [-0.05, 0) is 13.0 Å². The molecule has 1 atom stereocenters. The van der Waals surface area contributed by atoms with Gasteiger partial charge in [0.1, 0.15) is 0 Å². The summed E-state index contributed by atoms with van der Waals surface area (Å²) in [4.78, 5) is 13.4. The molecule has 0 aliphatic carbocycles. The SMILES string of the molecule is NCCCN1CC(Br)CC1=O. The minimum atomic E-state index is 0.250. The fourth-order valence-electron chi connectivity index (χ4n) is 1.22. The fraction of sp³-hybridized carbons (Fsp3) is 0.857. The molecule has 11 heavy (non-hydrogen) atoms. The maximum Gasteiger partial charge on any atom is 0.223 e. The maximum absolute atomic E-state index is 11.1. The lowest BCUT2D eigenvalue weighted by atomic mass is 10.4. The molecule has 1 aliphatic heterocycles. The van der Waals surface area contributed by atoms with Crippen molar-refractivity contribution in [2.45, 2.75) is 17.7 Å². The van der Waals surface area contributed by atoms with Gasteiger partial charge in [0.05, 0.1) is 0 Å². The highest BCUT2D eigenvalue weighted by molar-refractivity contribution is 9.09. The number of amides is 1. The average molecular weight is 221 g/mol. The summed E-state index contributed by atoms with van der Waals surface area (Å²) in [5.74, 6) is 0.250. The van der Waals surface area contributed by atoms with Gasteiger partial charge in [-0.3, -0.25) is 4.79 Å². The number of carbonyl (C=O) groups is 1. The topological polar surface area (TPSA) is 46.3 Å². The molecule has 1 amide bonds. The van der Waals surface area contributed by atoms with Gasteiger partial charge in [0.2, 0.25) is 5.91 Å². The summed E-state index contributed by atoms with van der Waals surface area (Å²) >= 11 is 3.42. The number of nitrogens with zero attached hydrogens (tertiary/aromatic N) is 1. The molecule has 1 fully saturated rings. The van der Waals surface area contributed by atoms with Crippen molar-refractivity contribution < 1.29 is 4.79 Å². The third kappa shape index (κ3) is 2.45. The molecular weight excluding hydrogens is 208 g/mol. The van der Waals surface area contributed by atoms with Crippen LogP contribution in [0.2, 0.25) is 0 Å². The molecular formula is C7H13BrN2O. The van der Waals surface area contributed by atoms with Crippen LogP contribution < -0.4 is 5.73 Å². The molecule has 0 bridgehead atoms. The first kappa shape index (κ1) is 9.00. The smallest absolute Gasteiger partial charge is 0.223 e. The zero-order chi connectivity index (χ0) is 8.27. The van der Waals surface area contributed by atoms with E-state index in [1.807, 2.05) is 4.90 Å². The van der Waals surface area contributed by atoms with Crippen LogP contribution >= 0.6 is 15.9 Å². The second kappa shape index (κ2) is 4.07. The van der Waals surface area contributed by atoms with Crippen LogP contribution in [0.1, 0.15) is 12.8 Å². The first-order valence-corrected chi connectivity index (χ1v) is 4.77. The predicted octanol–water partition coefficient (Wildman–Crippen LogP) is 0.331. The number of nitrogens with two attached hydrogens (primary N) is 1. The van der Waals surface area contributed by atoms with Crippen LogP contribution in [0.4, 0.5) is 0 Å². The lowest BCUT2D eigenvalue weighted by Crippen LogP contribution is -2.27. The molecule has 1 aliphatic rings. The van der Waals surface area contributed by atoms with Crippen LogP contribution in [-0.4, -0.2) is 35.3 Å². The van der Waals surface area contributed by atoms with Crippen molar-refractivity contribution in [2.75, 3.05) is 19.6 Å². The van der Waals surface area contributed by atoms with E-state index in [2.05, 4.69) is 15.9 Å². The van der Waals surface area contributed by atoms with Gasteiger partial charge in [0.25, 0.3) is 0 Å². The van der Waals surface area contributed by atoms with Crippen molar-refractivity contribution >= 4 is 21.8 Å². The molecule has 2 N–H and O–H groups in total. The zero-order valence-corrected chi connectivity index (χ0v) is 8.01. The number of rotatable bonds is 3. The van der Waals surface area contributed by atoms with E-state index in [1.165, 1.54) is 0 Å². The summed E-state index contributed by atoms with van der Waals surface area (Å²) < 4.78 is 0. The van der Waals surface area contributed by atoms with Crippen molar-refractivity contribution in [3.05, 3.63) is 0 Å². The summed E-state index contributed by atoms with van der Waals surface area (Å²) in [6.45, 7) is 2.33. The molecule has 1 heterocycles. The Morgan fingerprint density at radius 2 is 2.45 bits per heavy atom. The van der Waals surface area contributed by atoms with Gasteiger partial charge < -0.3 is 10.6 Å². The van der Waals surface area contributed by atoms with E-state index < -0.39 is 0 Å².